The fourth-order valence-corrected chi connectivity index (χ4v) is 2.21. The maximum absolute atomic E-state index is 9.08. The third-order valence-corrected chi connectivity index (χ3v) is 2.98. The van der Waals surface area contributed by atoms with Crippen LogP contribution in [0.1, 0.15) is 12.0 Å². The van der Waals surface area contributed by atoms with Crippen molar-refractivity contribution in [1.82, 2.24) is 4.98 Å². The molecule has 1 aliphatic rings. The van der Waals surface area contributed by atoms with Crippen LogP contribution in [0.2, 0.25) is 0 Å². The van der Waals surface area contributed by atoms with E-state index in [0.29, 0.717) is 30.2 Å². The highest BCUT2D eigenvalue weighted by molar-refractivity contribution is 6.13. The highest BCUT2D eigenvalue weighted by Gasteiger charge is 2.25. The quantitative estimate of drug-likeness (QED) is 0.584. The first-order valence-corrected chi connectivity index (χ1v) is 5.37. The second-order valence-electron chi connectivity index (χ2n) is 3.87. The van der Waals surface area contributed by atoms with Crippen LogP contribution in [-0.2, 0) is 0 Å². The van der Waals surface area contributed by atoms with Crippen LogP contribution in [0.3, 0.4) is 0 Å². The molecular formula is C12H12N2O3. The summed E-state index contributed by atoms with van der Waals surface area (Å²) in [5.41, 5.74) is 2.32. The zero-order valence-electron chi connectivity index (χ0n) is 9.36. The maximum Gasteiger partial charge on any atom is 0.172 e. The molecule has 0 fully saturated rings. The number of ether oxygens (including phenoxy) is 2. The van der Waals surface area contributed by atoms with Crippen LogP contribution in [0.5, 0.6) is 11.5 Å². The number of oxime groups is 1. The van der Waals surface area contributed by atoms with Gasteiger partial charge >= 0.3 is 0 Å². The fourth-order valence-electron chi connectivity index (χ4n) is 2.21. The van der Waals surface area contributed by atoms with Gasteiger partial charge in [-0.1, -0.05) is 5.16 Å². The van der Waals surface area contributed by atoms with Crippen LogP contribution in [-0.4, -0.2) is 29.6 Å². The average Bonchev–Trinajstić information content (AvgIpc) is 2.84. The highest BCUT2D eigenvalue weighted by atomic mass is 16.5. The van der Waals surface area contributed by atoms with E-state index in [1.54, 1.807) is 7.11 Å². The summed E-state index contributed by atoms with van der Waals surface area (Å²) >= 11 is 0. The summed E-state index contributed by atoms with van der Waals surface area (Å²) in [6.45, 7) is 0.495. The van der Waals surface area contributed by atoms with Crippen LogP contribution in [0.25, 0.3) is 10.9 Å². The number of nitrogens with zero attached hydrogens (tertiary/aromatic N) is 1. The Labute approximate surface area is 97.6 Å². The van der Waals surface area contributed by atoms with Crippen molar-refractivity contribution in [3.63, 3.8) is 0 Å². The summed E-state index contributed by atoms with van der Waals surface area (Å²) in [7, 11) is 1.60. The number of methoxy groups -OCH3 is 1. The van der Waals surface area contributed by atoms with E-state index in [9.17, 15) is 0 Å². The molecule has 5 heteroatoms. The van der Waals surface area contributed by atoms with Gasteiger partial charge in [-0.15, -0.1) is 0 Å². The zero-order valence-corrected chi connectivity index (χ0v) is 9.36. The summed E-state index contributed by atoms with van der Waals surface area (Å²) in [6.07, 6.45) is 2.43. The van der Waals surface area contributed by atoms with E-state index in [1.165, 1.54) is 0 Å². The van der Waals surface area contributed by atoms with Crippen molar-refractivity contribution in [1.29, 1.82) is 0 Å². The Hall–Kier alpha value is -2.17. The van der Waals surface area contributed by atoms with Crippen LogP contribution < -0.4 is 9.47 Å². The minimum Gasteiger partial charge on any atom is -0.493 e. The lowest BCUT2D eigenvalue weighted by atomic mass is 10.0. The van der Waals surface area contributed by atoms with Gasteiger partial charge in [0.1, 0.15) is 0 Å². The Kier molecular flexibility index (Phi) is 2.18. The molecule has 1 aromatic carbocycles. The van der Waals surface area contributed by atoms with Crippen LogP contribution >= 0.6 is 0 Å². The van der Waals surface area contributed by atoms with Crippen molar-refractivity contribution in [2.24, 2.45) is 5.16 Å². The average molecular weight is 232 g/mol. The molecule has 0 amide bonds. The summed E-state index contributed by atoms with van der Waals surface area (Å²) in [6, 6.07) is 3.85. The standard InChI is InChI=1S/C12H12N2O3/c1-16-9-6-7-2-4-13-11(7)10-8(14-15)3-5-17-12(9)10/h2,4,6,13,15H,3,5H2,1H3. The van der Waals surface area contributed by atoms with Gasteiger partial charge < -0.3 is 19.7 Å². The normalized spacial score (nSPS) is 16.9. The van der Waals surface area contributed by atoms with E-state index in [2.05, 4.69) is 10.1 Å². The number of hydrogen-bond acceptors (Lipinski definition) is 4. The van der Waals surface area contributed by atoms with E-state index >= 15 is 0 Å². The lowest BCUT2D eigenvalue weighted by molar-refractivity contribution is 0.285. The molecule has 0 bridgehead atoms. The van der Waals surface area contributed by atoms with E-state index in [1.807, 2.05) is 18.3 Å². The molecule has 0 radical (unpaired) electrons. The monoisotopic (exact) mass is 232 g/mol. The highest BCUT2D eigenvalue weighted by Crippen LogP contribution is 2.40. The van der Waals surface area contributed by atoms with Gasteiger partial charge in [0.25, 0.3) is 0 Å². The number of aromatic amines is 1. The maximum atomic E-state index is 9.08. The van der Waals surface area contributed by atoms with Crippen molar-refractivity contribution >= 4 is 16.6 Å². The molecule has 0 saturated heterocycles. The van der Waals surface area contributed by atoms with E-state index in [0.717, 1.165) is 16.5 Å². The van der Waals surface area contributed by atoms with Crippen LogP contribution in [0.4, 0.5) is 0 Å². The Bertz CT molecular complexity index is 601. The second kappa shape index (κ2) is 3.69. The first kappa shape index (κ1) is 10.0. The van der Waals surface area contributed by atoms with E-state index in [-0.39, 0.29) is 0 Å². The van der Waals surface area contributed by atoms with Crippen molar-refractivity contribution in [3.05, 3.63) is 23.9 Å². The number of aromatic nitrogens is 1. The molecule has 0 spiro atoms. The first-order chi connectivity index (χ1) is 8.35. The van der Waals surface area contributed by atoms with Gasteiger partial charge in [-0.3, -0.25) is 0 Å². The largest absolute Gasteiger partial charge is 0.493 e. The number of hydrogen-bond donors (Lipinski definition) is 2. The van der Waals surface area contributed by atoms with E-state index < -0.39 is 0 Å². The van der Waals surface area contributed by atoms with Gasteiger partial charge in [-0.05, 0) is 12.1 Å². The molecule has 0 atom stereocenters. The lowest BCUT2D eigenvalue weighted by Crippen LogP contribution is -2.17. The number of benzene rings is 1. The van der Waals surface area contributed by atoms with Crippen LogP contribution in [0, 0.1) is 0 Å². The predicted octanol–water partition coefficient (Wildman–Crippen LogP) is 2.14. The molecule has 0 saturated carbocycles. The molecular weight excluding hydrogens is 220 g/mol. The molecule has 0 unspecified atom stereocenters. The molecule has 1 aromatic heterocycles. The molecule has 88 valence electrons. The topological polar surface area (TPSA) is 66.8 Å². The van der Waals surface area contributed by atoms with Gasteiger partial charge in [0.05, 0.1) is 30.5 Å². The Balaban J connectivity index is 2.40. The van der Waals surface area contributed by atoms with Gasteiger partial charge in [0.15, 0.2) is 11.5 Å². The molecule has 2 N–H and O–H groups in total. The summed E-state index contributed by atoms with van der Waals surface area (Å²) < 4.78 is 10.9. The third kappa shape index (κ3) is 1.35. The third-order valence-electron chi connectivity index (χ3n) is 2.98. The minimum absolute atomic E-state index is 0.495. The number of nitrogens with one attached hydrogen (secondary N) is 1. The van der Waals surface area contributed by atoms with Gasteiger partial charge in [-0.25, -0.2) is 0 Å². The van der Waals surface area contributed by atoms with Crippen molar-refractivity contribution in [3.8, 4) is 11.5 Å². The molecule has 5 nitrogen and oxygen atoms in total. The number of H-pyrrole nitrogens is 1. The second-order valence-corrected chi connectivity index (χ2v) is 3.87. The minimum atomic E-state index is 0.495. The SMILES string of the molecule is COc1cc2cc[nH]c2c2c1OCCC2=NO. The molecule has 17 heavy (non-hydrogen) atoms. The number of fused-ring (bicyclic) bond motifs is 3. The zero-order chi connectivity index (χ0) is 11.8. The summed E-state index contributed by atoms with van der Waals surface area (Å²) in [5, 5.41) is 13.4. The Morgan fingerprint density at radius 2 is 2.41 bits per heavy atom. The van der Waals surface area contributed by atoms with Gasteiger partial charge in [-0.2, -0.15) is 0 Å². The molecule has 2 heterocycles. The lowest BCUT2D eigenvalue weighted by Gasteiger charge is -2.21. The van der Waals surface area contributed by atoms with Crippen LogP contribution in [0.15, 0.2) is 23.5 Å². The smallest absolute Gasteiger partial charge is 0.172 e. The van der Waals surface area contributed by atoms with Gasteiger partial charge in [0, 0.05) is 18.0 Å². The van der Waals surface area contributed by atoms with E-state index in [4.69, 9.17) is 14.7 Å². The first-order valence-electron chi connectivity index (χ1n) is 5.37. The molecule has 1 aliphatic heterocycles. The van der Waals surface area contributed by atoms with Gasteiger partial charge in [0.2, 0.25) is 0 Å². The summed E-state index contributed by atoms with van der Waals surface area (Å²) in [5.74, 6) is 1.30. The Morgan fingerprint density at radius 1 is 1.53 bits per heavy atom. The Morgan fingerprint density at radius 3 is 3.18 bits per heavy atom. The van der Waals surface area contributed by atoms with Crippen molar-refractivity contribution < 1.29 is 14.7 Å². The molecule has 2 aromatic rings. The van der Waals surface area contributed by atoms with Crippen molar-refractivity contribution in [2.75, 3.05) is 13.7 Å². The summed E-state index contributed by atoms with van der Waals surface area (Å²) in [4.78, 5) is 3.14. The fraction of sp³-hybridized carbons (Fsp3) is 0.250. The number of rotatable bonds is 1. The van der Waals surface area contributed by atoms with Crippen molar-refractivity contribution in [2.45, 2.75) is 6.42 Å². The molecule has 3 rings (SSSR count). The molecule has 0 aliphatic carbocycles. The predicted molar refractivity (Wildman–Crippen MR) is 63.3 cm³/mol.